The minimum Gasteiger partial charge on any atom is -0.480 e. The number of aliphatic carboxylic acids is 1. The number of fused-ring (bicyclic) bond motifs is 1. The number of amides is 2. The summed E-state index contributed by atoms with van der Waals surface area (Å²) in [4.78, 5) is 26.9. The van der Waals surface area contributed by atoms with Crippen LogP contribution in [0.4, 0.5) is 9.18 Å². The molecular formula is C19H26FN3O4. The predicted octanol–water partition coefficient (Wildman–Crippen LogP) is 1.63. The Balaban J connectivity index is 1.57. The van der Waals surface area contributed by atoms with Gasteiger partial charge in [-0.05, 0) is 49.6 Å². The summed E-state index contributed by atoms with van der Waals surface area (Å²) in [5, 5.41) is 11.9. The number of morpholine rings is 1. The maximum atomic E-state index is 13.5. The highest BCUT2D eigenvalue weighted by atomic mass is 19.1. The van der Waals surface area contributed by atoms with Crippen LogP contribution in [-0.2, 0) is 16.0 Å². The number of hydrogen-bond donors (Lipinski definition) is 2. The molecule has 1 saturated heterocycles. The number of carboxylic acid groups (broad SMARTS) is 1. The number of carbonyl (C=O) groups is 2. The fraction of sp³-hybridized carbons (Fsp3) is 0.579. The standard InChI is InChI=1S/C19H26FN3O4/c1-22(12-18(24)25)10-15-11-23(7-8-27-15)19(26)21-17-4-2-3-13-9-14(20)5-6-16(13)17/h5-6,9,15,17H,2-4,7-8,10-12H2,1H3,(H,21,26)(H,24,25). The molecular weight excluding hydrogens is 353 g/mol. The Morgan fingerprint density at radius 2 is 2.26 bits per heavy atom. The summed E-state index contributed by atoms with van der Waals surface area (Å²) in [5.74, 6) is -1.14. The van der Waals surface area contributed by atoms with E-state index in [1.807, 2.05) is 0 Å². The number of aryl methyl sites for hydroxylation is 1. The molecule has 7 nitrogen and oxygen atoms in total. The van der Waals surface area contributed by atoms with Crippen LogP contribution in [0.5, 0.6) is 0 Å². The van der Waals surface area contributed by atoms with E-state index < -0.39 is 5.97 Å². The van der Waals surface area contributed by atoms with Gasteiger partial charge in [0.1, 0.15) is 5.82 Å². The molecule has 0 spiro atoms. The number of halogens is 1. The first-order valence-electron chi connectivity index (χ1n) is 9.28. The highest BCUT2D eigenvalue weighted by molar-refractivity contribution is 5.75. The zero-order valence-electron chi connectivity index (χ0n) is 15.5. The molecule has 1 fully saturated rings. The van der Waals surface area contributed by atoms with Crippen LogP contribution >= 0.6 is 0 Å². The third-order valence-electron chi connectivity index (χ3n) is 5.06. The molecule has 8 heteroatoms. The summed E-state index contributed by atoms with van der Waals surface area (Å²) < 4.78 is 19.1. The van der Waals surface area contributed by atoms with E-state index >= 15 is 0 Å². The number of carbonyl (C=O) groups excluding carboxylic acids is 1. The molecule has 0 aromatic heterocycles. The molecule has 0 radical (unpaired) electrons. The molecule has 1 aliphatic heterocycles. The summed E-state index contributed by atoms with van der Waals surface area (Å²) >= 11 is 0. The van der Waals surface area contributed by atoms with Crippen LogP contribution in [0, 0.1) is 5.82 Å². The Hall–Kier alpha value is -2.19. The zero-order chi connectivity index (χ0) is 19.4. The summed E-state index contributed by atoms with van der Waals surface area (Å²) in [6.45, 7) is 1.71. The van der Waals surface area contributed by atoms with Gasteiger partial charge < -0.3 is 20.1 Å². The number of carboxylic acids is 1. The zero-order valence-corrected chi connectivity index (χ0v) is 15.5. The lowest BCUT2D eigenvalue weighted by Crippen LogP contribution is -2.53. The summed E-state index contributed by atoms with van der Waals surface area (Å²) in [6, 6.07) is 4.48. The largest absolute Gasteiger partial charge is 0.480 e. The van der Waals surface area contributed by atoms with E-state index in [0.717, 1.165) is 30.4 Å². The Morgan fingerprint density at radius 3 is 3.04 bits per heavy atom. The SMILES string of the molecule is CN(CC(=O)O)CC1CN(C(=O)NC2CCCc3cc(F)ccc32)CCO1. The molecule has 1 aliphatic carbocycles. The van der Waals surface area contributed by atoms with Gasteiger partial charge in [0.15, 0.2) is 0 Å². The number of nitrogens with zero attached hydrogens (tertiary/aromatic N) is 2. The van der Waals surface area contributed by atoms with Gasteiger partial charge in [-0.15, -0.1) is 0 Å². The van der Waals surface area contributed by atoms with Crippen LogP contribution in [0.25, 0.3) is 0 Å². The van der Waals surface area contributed by atoms with E-state index in [0.29, 0.717) is 26.2 Å². The Bertz CT molecular complexity index is 700. The van der Waals surface area contributed by atoms with E-state index in [9.17, 15) is 14.0 Å². The molecule has 2 unspecified atom stereocenters. The van der Waals surface area contributed by atoms with Gasteiger partial charge >= 0.3 is 12.0 Å². The normalized spacial score (nSPS) is 22.4. The summed E-state index contributed by atoms with van der Waals surface area (Å²) in [7, 11) is 1.72. The highest BCUT2D eigenvalue weighted by Crippen LogP contribution is 2.30. The molecule has 1 aromatic rings. The van der Waals surface area contributed by atoms with E-state index in [1.165, 1.54) is 6.07 Å². The van der Waals surface area contributed by atoms with Crippen LogP contribution in [0.1, 0.15) is 30.0 Å². The van der Waals surface area contributed by atoms with Gasteiger partial charge in [0.25, 0.3) is 0 Å². The van der Waals surface area contributed by atoms with Crippen molar-refractivity contribution in [3.63, 3.8) is 0 Å². The van der Waals surface area contributed by atoms with Gasteiger partial charge in [0.05, 0.1) is 25.3 Å². The number of rotatable bonds is 5. The summed E-state index contributed by atoms with van der Waals surface area (Å²) in [5.41, 5.74) is 1.95. The van der Waals surface area contributed by atoms with Crippen molar-refractivity contribution < 1.29 is 23.8 Å². The molecule has 2 atom stereocenters. The van der Waals surface area contributed by atoms with Crippen molar-refractivity contribution in [2.24, 2.45) is 0 Å². The van der Waals surface area contributed by atoms with Crippen molar-refractivity contribution >= 4 is 12.0 Å². The van der Waals surface area contributed by atoms with Gasteiger partial charge in [-0.1, -0.05) is 6.07 Å². The van der Waals surface area contributed by atoms with Gasteiger partial charge in [0, 0.05) is 19.6 Å². The first kappa shape index (κ1) is 19.6. The number of nitrogens with one attached hydrogen (secondary N) is 1. The van der Waals surface area contributed by atoms with Crippen LogP contribution in [-0.4, -0.2) is 72.8 Å². The molecule has 0 bridgehead atoms. The molecule has 2 aliphatic rings. The van der Waals surface area contributed by atoms with Crippen molar-refractivity contribution in [1.29, 1.82) is 0 Å². The van der Waals surface area contributed by atoms with Crippen molar-refractivity contribution in [3.05, 3.63) is 35.1 Å². The smallest absolute Gasteiger partial charge is 0.318 e. The summed E-state index contributed by atoms with van der Waals surface area (Å²) in [6.07, 6.45) is 2.35. The van der Waals surface area contributed by atoms with Crippen molar-refractivity contribution in [2.45, 2.75) is 31.4 Å². The second kappa shape index (κ2) is 8.67. The first-order valence-corrected chi connectivity index (χ1v) is 9.28. The second-order valence-corrected chi connectivity index (χ2v) is 7.27. The molecule has 2 N–H and O–H groups in total. The van der Waals surface area contributed by atoms with E-state index in [1.54, 1.807) is 29.0 Å². The number of hydrogen-bond acceptors (Lipinski definition) is 4. The quantitative estimate of drug-likeness (QED) is 0.813. The maximum absolute atomic E-state index is 13.5. The fourth-order valence-corrected chi connectivity index (χ4v) is 3.83. The second-order valence-electron chi connectivity index (χ2n) is 7.27. The van der Waals surface area contributed by atoms with E-state index in [2.05, 4.69) is 5.32 Å². The van der Waals surface area contributed by atoms with E-state index in [-0.39, 0.29) is 30.5 Å². The lowest BCUT2D eigenvalue weighted by Gasteiger charge is -2.36. The third kappa shape index (κ3) is 5.17. The molecule has 148 valence electrons. The topological polar surface area (TPSA) is 82.1 Å². The Labute approximate surface area is 158 Å². The molecule has 0 saturated carbocycles. The average molecular weight is 379 g/mol. The minimum atomic E-state index is -0.893. The molecule has 27 heavy (non-hydrogen) atoms. The maximum Gasteiger partial charge on any atom is 0.318 e. The Kier molecular flexibility index (Phi) is 6.28. The number of ether oxygens (including phenoxy) is 1. The third-order valence-corrected chi connectivity index (χ3v) is 5.06. The van der Waals surface area contributed by atoms with Gasteiger partial charge in [0.2, 0.25) is 0 Å². The monoisotopic (exact) mass is 379 g/mol. The van der Waals surface area contributed by atoms with Crippen molar-refractivity contribution in [1.82, 2.24) is 15.1 Å². The Morgan fingerprint density at radius 1 is 1.44 bits per heavy atom. The highest BCUT2D eigenvalue weighted by Gasteiger charge is 2.28. The van der Waals surface area contributed by atoms with Gasteiger partial charge in [-0.3, -0.25) is 9.69 Å². The van der Waals surface area contributed by atoms with Crippen molar-refractivity contribution in [2.75, 3.05) is 39.8 Å². The fourth-order valence-electron chi connectivity index (χ4n) is 3.83. The lowest BCUT2D eigenvalue weighted by molar-refractivity contribution is -0.138. The lowest BCUT2D eigenvalue weighted by atomic mass is 9.87. The first-order chi connectivity index (χ1) is 12.9. The number of benzene rings is 1. The average Bonchev–Trinajstić information content (AvgIpc) is 2.61. The van der Waals surface area contributed by atoms with Crippen LogP contribution < -0.4 is 5.32 Å². The number of urea groups is 1. The molecule has 3 rings (SSSR count). The van der Waals surface area contributed by atoms with E-state index in [4.69, 9.17) is 9.84 Å². The van der Waals surface area contributed by atoms with Crippen LogP contribution in [0.3, 0.4) is 0 Å². The molecule has 1 aromatic carbocycles. The molecule has 2 amide bonds. The molecule has 1 heterocycles. The van der Waals surface area contributed by atoms with Crippen LogP contribution in [0.2, 0.25) is 0 Å². The van der Waals surface area contributed by atoms with Crippen molar-refractivity contribution in [3.8, 4) is 0 Å². The van der Waals surface area contributed by atoms with Gasteiger partial charge in [-0.25, -0.2) is 9.18 Å². The predicted molar refractivity (Wildman–Crippen MR) is 97.1 cm³/mol. The van der Waals surface area contributed by atoms with Gasteiger partial charge in [-0.2, -0.15) is 0 Å². The minimum absolute atomic E-state index is 0.0680. The van der Waals surface area contributed by atoms with Crippen LogP contribution in [0.15, 0.2) is 18.2 Å². The number of likely N-dealkylation sites (N-methyl/N-ethyl adjacent to an activating group) is 1.